The average Bonchev–Trinajstić information content (AvgIpc) is 2.96. The number of carbonyl (C=O) groups excluding carboxylic acids is 1. The predicted molar refractivity (Wildman–Crippen MR) is 84.1 cm³/mol. The minimum absolute atomic E-state index is 0.0767. The number of benzene rings is 2. The number of fused-ring (bicyclic) bond motifs is 1. The Morgan fingerprint density at radius 2 is 1.95 bits per heavy atom. The van der Waals surface area contributed by atoms with Crippen molar-refractivity contribution in [3.8, 4) is 11.5 Å². The molecule has 1 N–H and O–H groups in total. The molecule has 1 aliphatic rings. The molecule has 0 bridgehead atoms. The van der Waals surface area contributed by atoms with Gasteiger partial charge < -0.3 is 14.8 Å². The molecule has 2 aromatic carbocycles. The average molecular weight is 348 g/mol. The molecule has 0 radical (unpaired) electrons. The predicted octanol–water partition coefficient (Wildman–Crippen LogP) is 3.86. The van der Waals surface area contributed by atoms with Crippen LogP contribution in [0.5, 0.6) is 11.5 Å². The lowest BCUT2D eigenvalue weighted by atomic mass is 10.1. The molecule has 0 saturated heterocycles. The molecule has 0 amide bonds. The molecule has 0 saturated carbocycles. The third-order valence-electron chi connectivity index (χ3n) is 3.24. The monoisotopic (exact) mass is 347 g/mol. The van der Waals surface area contributed by atoms with Gasteiger partial charge in [-0.2, -0.15) is 0 Å². The molecule has 0 aromatic heterocycles. The largest absolute Gasteiger partial charge is 0.454 e. The zero-order valence-corrected chi connectivity index (χ0v) is 12.9. The van der Waals surface area contributed by atoms with Crippen LogP contribution in [0.1, 0.15) is 16.8 Å². The van der Waals surface area contributed by atoms with Crippen molar-refractivity contribution in [2.45, 2.75) is 6.42 Å². The van der Waals surface area contributed by atoms with Gasteiger partial charge in [0.2, 0.25) is 6.79 Å². The number of carbonyl (C=O) groups is 1. The van der Waals surface area contributed by atoms with E-state index in [1.165, 1.54) is 0 Å². The number of ether oxygens (including phenoxy) is 2. The van der Waals surface area contributed by atoms with Gasteiger partial charge in [0.15, 0.2) is 17.3 Å². The van der Waals surface area contributed by atoms with E-state index in [1.807, 2.05) is 24.3 Å². The van der Waals surface area contributed by atoms with Crippen LogP contribution in [0.3, 0.4) is 0 Å². The second-order valence-corrected chi connectivity index (χ2v) is 5.50. The van der Waals surface area contributed by atoms with E-state index >= 15 is 0 Å². The maximum atomic E-state index is 12.2. The van der Waals surface area contributed by atoms with Crippen molar-refractivity contribution in [1.82, 2.24) is 0 Å². The third-order valence-corrected chi connectivity index (χ3v) is 3.93. The Bertz CT molecular complexity index is 672. The molecule has 0 spiro atoms. The van der Waals surface area contributed by atoms with Gasteiger partial charge in [-0.1, -0.05) is 12.1 Å². The Morgan fingerprint density at radius 3 is 2.81 bits per heavy atom. The van der Waals surface area contributed by atoms with Crippen LogP contribution < -0.4 is 14.8 Å². The second-order valence-electron chi connectivity index (χ2n) is 4.65. The number of anilines is 1. The number of hydrogen-bond donors (Lipinski definition) is 1. The van der Waals surface area contributed by atoms with Crippen LogP contribution in [0.15, 0.2) is 46.9 Å². The van der Waals surface area contributed by atoms with Crippen molar-refractivity contribution in [1.29, 1.82) is 0 Å². The minimum Gasteiger partial charge on any atom is -0.454 e. The molecule has 0 unspecified atom stereocenters. The Morgan fingerprint density at radius 1 is 1.14 bits per heavy atom. The molecule has 21 heavy (non-hydrogen) atoms. The number of halogens is 1. The molecule has 108 valence electrons. The zero-order valence-electron chi connectivity index (χ0n) is 11.3. The fourth-order valence-electron chi connectivity index (χ4n) is 2.13. The molecular formula is C16H14BrNO3. The standard InChI is InChI=1S/C16H14BrNO3/c17-12-3-1-2-4-13(12)18-8-7-14(19)11-5-6-15-16(9-11)21-10-20-15/h1-6,9,18H,7-8,10H2. The summed E-state index contributed by atoms with van der Waals surface area (Å²) < 4.78 is 11.5. The van der Waals surface area contributed by atoms with Crippen LogP contribution in [0.4, 0.5) is 5.69 Å². The van der Waals surface area contributed by atoms with Crippen molar-refractivity contribution in [3.05, 3.63) is 52.5 Å². The van der Waals surface area contributed by atoms with E-state index in [9.17, 15) is 4.79 Å². The molecule has 1 aliphatic heterocycles. The van der Waals surface area contributed by atoms with E-state index in [0.29, 0.717) is 30.0 Å². The smallest absolute Gasteiger partial charge is 0.231 e. The summed E-state index contributed by atoms with van der Waals surface area (Å²) in [5.41, 5.74) is 1.63. The fourth-order valence-corrected chi connectivity index (χ4v) is 2.55. The highest BCUT2D eigenvalue weighted by molar-refractivity contribution is 9.10. The highest BCUT2D eigenvalue weighted by Crippen LogP contribution is 2.32. The van der Waals surface area contributed by atoms with Crippen LogP contribution in [0.2, 0.25) is 0 Å². The first-order valence-electron chi connectivity index (χ1n) is 6.65. The first-order chi connectivity index (χ1) is 10.2. The van der Waals surface area contributed by atoms with E-state index in [4.69, 9.17) is 9.47 Å². The maximum absolute atomic E-state index is 12.2. The number of Topliss-reactive ketones (excluding diaryl/α,β-unsaturated/α-hetero) is 1. The quantitative estimate of drug-likeness (QED) is 0.834. The Balaban J connectivity index is 1.58. The normalized spacial score (nSPS) is 12.2. The fraction of sp³-hybridized carbons (Fsp3) is 0.188. The number of para-hydroxylation sites is 1. The van der Waals surface area contributed by atoms with Crippen LogP contribution >= 0.6 is 15.9 Å². The molecular weight excluding hydrogens is 334 g/mol. The van der Waals surface area contributed by atoms with Gasteiger partial charge in [-0.05, 0) is 46.3 Å². The Hall–Kier alpha value is -2.01. The number of ketones is 1. The van der Waals surface area contributed by atoms with E-state index < -0.39 is 0 Å². The summed E-state index contributed by atoms with van der Waals surface area (Å²) in [6.07, 6.45) is 0.418. The van der Waals surface area contributed by atoms with Crippen molar-refractivity contribution in [3.63, 3.8) is 0 Å². The van der Waals surface area contributed by atoms with E-state index in [2.05, 4.69) is 21.2 Å². The van der Waals surface area contributed by atoms with Gasteiger partial charge in [0.05, 0.1) is 0 Å². The van der Waals surface area contributed by atoms with Gasteiger partial charge in [0, 0.05) is 28.7 Å². The SMILES string of the molecule is O=C(CCNc1ccccc1Br)c1ccc2c(c1)OCO2. The first kappa shape index (κ1) is 13.9. The minimum atomic E-state index is 0.0767. The molecule has 1 heterocycles. The van der Waals surface area contributed by atoms with Crippen molar-refractivity contribution < 1.29 is 14.3 Å². The molecule has 0 fully saturated rings. The van der Waals surface area contributed by atoms with Gasteiger partial charge >= 0.3 is 0 Å². The van der Waals surface area contributed by atoms with Crippen molar-refractivity contribution in [2.75, 3.05) is 18.7 Å². The van der Waals surface area contributed by atoms with Gasteiger partial charge in [0.25, 0.3) is 0 Å². The van der Waals surface area contributed by atoms with Gasteiger partial charge in [-0.15, -0.1) is 0 Å². The molecule has 2 aromatic rings. The molecule has 0 atom stereocenters. The number of nitrogens with one attached hydrogen (secondary N) is 1. The Kier molecular flexibility index (Phi) is 4.10. The Labute approximate surface area is 131 Å². The lowest BCUT2D eigenvalue weighted by Gasteiger charge is -2.08. The number of hydrogen-bond acceptors (Lipinski definition) is 4. The summed E-state index contributed by atoms with van der Waals surface area (Å²) >= 11 is 3.46. The molecule has 4 nitrogen and oxygen atoms in total. The summed E-state index contributed by atoms with van der Waals surface area (Å²) in [5, 5.41) is 3.24. The van der Waals surface area contributed by atoms with Crippen molar-refractivity contribution in [2.24, 2.45) is 0 Å². The van der Waals surface area contributed by atoms with Crippen LogP contribution in [0, 0.1) is 0 Å². The van der Waals surface area contributed by atoms with Crippen LogP contribution in [0.25, 0.3) is 0 Å². The van der Waals surface area contributed by atoms with Crippen LogP contribution in [-0.2, 0) is 0 Å². The van der Waals surface area contributed by atoms with E-state index in [0.717, 1.165) is 10.2 Å². The van der Waals surface area contributed by atoms with E-state index in [-0.39, 0.29) is 12.6 Å². The summed E-state index contributed by atoms with van der Waals surface area (Å²) in [6.45, 7) is 0.798. The third kappa shape index (κ3) is 3.19. The first-order valence-corrected chi connectivity index (χ1v) is 7.44. The van der Waals surface area contributed by atoms with E-state index in [1.54, 1.807) is 18.2 Å². The van der Waals surface area contributed by atoms with Gasteiger partial charge in [-0.25, -0.2) is 0 Å². The lowest BCUT2D eigenvalue weighted by Crippen LogP contribution is -2.09. The summed E-state index contributed by atoms with van der Waals surface area (Å²) in [7, 11) is 0. The van der Waals surface area contributed by atoms with Crippen molar-refractivity contribution >= 4 is 27.4 Å². The molecule has 0 aliphatic carbocycles. The number of rotatable bonds is 5. The van der Waals surface area contributed by atoms with Crippen LogP contribution in [-0.4, -0.2) is 19.1 Å². The maximum Gasteiger partial charge on any atom is 0.231 e. The highest BCUT2D eigenvalue weighted by Gasteiger charge is 2.15. The molecule has 5 heteroatoms. The lowest BCUT2D eigenvalue weighted by molar-refractivity contribution is 0.0986. The second kappa shape index (κ2) is 6.18. The topological polar surface area (TPSA) is 47.6 Å². The zero-order chi connectivity index (χ0) is 14.7. The summed E-state index contributed by atoms with van der Waals surface area (Å²) in [6, 6.07) is 13.1. The summed E-state index contributed by atoms with van der Waals surface area (Å²) in [4.78, 5) is 12.2. The van der Waals surface area contributed by atoms with Gasteiger partial charge in [-0.3, -0.25) is 4.79 Å². The summed E-state index contributed by atoms with van der Waals surface area (Å²) in [5.74, 6) is 1.41. The highest BCUT2D eigenvalue weighted by atomic mass is 79.9. The van der Waals surface area contributed by atoms with Gasteiger partial charge in [0.1, 0.15) is 0 Å². The molecule has 3 rings (SSSR count).